The number of nitrogens with zero attached hydrogens (tertiary/aromatic N) is 1. The van der Waals surface area contributed by atoms with E-state index >= 15 is 0 Å². The fourth-order valence-electron chi connectivity index (χ4n) is 4.26. The summed E-state index contributed by atoms with van der Waals surface area (Å²) in [4.78, 5) is 12.6. The zero-order valence-electron chi connectivity index (χ0n) is 22.9. The van der Waals surface area contributed by atoms with Crippen molar-refractivity contribution in [3.63, 3.8) is 0 Å². The monoisotopic (exact) mass is 684 g/mol. The number of hydrogen-bond acceptors (Lipinski definition) is 8. The molecule has 1 aliphatic heterocycles. The Morgan fingerprint density at radius 2 is 1.63 bits per heavy atom. The predicted molar refractivity (Wildman–Crippen MR) is 166 cm³/mol. The van der Waals surface area contributed by atoms with Gasteiger partial charge in [0, 0.05) is 11.6 Å². The van der Waals surface area contributed by atoms with E-state index in [0.717, 1.165) is 18.4 Å². The number of benzene rings is 3. The molecule has 0 aliphatic carbocycles. The molecule has 1 unspecified atom stereocenters. The van der Waals surface area contributed by atoms with Crippen molar-refractivity contribution in [1.82, 2.24) is 0 Å². The van der Waals surface area contributed by atoms with E-state index in [2.05, 4.69) is 13.0 Å². The van der Waals surface area contributed by atoms with E-state index < -0.39 is 18.5 Å². The summed E-state index contributed by atoms with van der Waals surface area (Å²) in [6, 6.07) is 12.4. The number of carbonyl (C=O) groups excluding carboxylic acids is 1. The summed E-state index contributed by atoms with van der Waals surface area (Å²) >= 11 is 30.4. The smallest absolute Gasteiger partial charge is 0.349 e. The van der Waals surface area contributed by atoms with Crippen LogP contribution >= 0.6 is 58.0 Å². The summed E-state index contributed by atoms with van der Waals surface area (Å²) in [6.45, 7) is 4.36. The number of rotatable bonds is 11. The Kier molecular flexibility index (Phi) is 11.0. The van der Waals surface area contributed by atoms with Crippen LogP contribution in [0.4, 0.5) is 0 Å². The molecule has 0 saturated heterocycles. The molecule has 43 heavy (non-hydrogen) atoms. The lowest BCUT2D eigenvalue weighted by Crippen LogP contribution is -2.22. The van der Waals surface area contributed by atoms with Gasteiger partial charge in [-0.1, -0.05) is 83.5 Å². The minimum Gasteiger partial charge on any atom is -0.490 e. The van der Waals surface area contributed by atoms with E-state index in [0.29, 0.717) is 36.0 Å². The number of nitriles is 1. The molecule has 8 nitrogen and oxygen atoms in total. The topological polar surface area (TPSA) is 113 Å². The van der Waals surface area contributed by atoms with Crippen LogP contribution in [-0.4, -0.2) is 25.8 Å². The number of halogens is 5. The van der Waals surface area contributed by atoms with Gasteiger partial charge in [0.05, 0.1) is 34.2 Å². The zero-order valence-corrected chi connectivity index (χ0v) is 26.7. The summed E-state index contributed by atoms with van der Waals surface area (Å²) in [5, 5.41) is 9.56. The fourth-order valence-corrected chi connectivity index (χ4v) is 5.49. The third-order valence-electron chi connectivity index (χ3n) is 6.28. The number of ether oxygens (including phenoxy) is 5. The molecule has 2 N–H and O–H groups in total. The van der Waals surface area contributed by atoms with Gasteiger partial charge in [-0.25, -0.2) is 4.79 Å². The van der Waals surface area contributed by atoms with Crippen LogP contribution in [0, 0.1) is 11.3 Å². The Morgan fingerprint density at radius 3 is 2.28 bits per heavy atom. The Balaban J connectivity index is 1.58. The van der Waals surface area contributed by atoms with Crippen LogP contribution in [0.15, 0.2) is 47.9 Å². The van der Waals surface area contributed by atoms with Crippen LogP contribution < -0.4 is 29.4 Å². The Bertz CT molecular complexity index is 1590. The average molecular weight is 687 g/mol. The first-order valence-corrected chi connectivity index (χ1v) is 15.0. The van der Waals surface area contributed by atoms with Crippen molar-refractivity contribution in [2.24, 2.45) is 5.73 Å². The standard InChI is InChI=1S/C30H25Cl5N2O6/c1-3-5-10-40-19-9-6-15(11-21(19)39-4-2)23-17-8-7-16(12-20(17)43-30(37)18(23)13-36)42-22(38)14-41-29-27(34)25(32)24(31)26(33)28(29)35/h6-9,11-12,23H,3-5,10,14,37H2,1-2H3. The Hall–Kier alpha value is -3.19. The van der Waals surface area contributed by atoms with Crippen molar-refractivity contribution >= 4 is 64.0 Å². The Morgan fingerprint density at radius 1 is 0.930 bits per heavy atom. The van der Waals surface area contributed by atoms with Crippen molar-refractivity contribution < 1.29 is 28.5 Å². The SMILES string of the molecule is CCCCOc1ccc(C2C(C#N)=C(N)Oc3cc(OC(=O)COc4c(Cl)c(Cl)c(Cl)c(Cl)c4Cl)ccc32)cc1OCC. The number of unbranched alkanes of at least 4 members (excludes halogenated alkanes) is 1. The first-order valence-electron chi connectivity index (χ1n) is 13.1. The third kappa shape index (κ3) is 7.14. The summed E-state index contributed by atoms with van der Waals surface area (Å²) in [5.41, 5.74) is 7.76. The van der Waals surface area contributed by atoms with Crippen LogP contribution in [0.1, 0.15) is 43.7 Å². The van der Waals surface area contributed by atoms with E-state index in [1.54, 1.807) is 12.1 Å². The lowest BCUT2D eigenvalue weighted by molar-refractivity contribution is -0.136. The minimum atomic E-state index is -0.789. The van der Waals surface area contributed by atoms with Gasteiger partial charge in [-0.3, -0.25) is 0 Å². The quantitative estimate of drug-likeness (QED) is 0.0701. The molecule has 0 aromatic heterocycles. The van der Waals surface area contributed by atoms with Crippen molar-refractivity contribution in [2.45, 2.75) is 32.6 Å². The summed E-state index contributed by atoms with van der Waals surface area (Å²) in [6.07, 6.45) is 1.90. The van der Waals surface area contributed by atoms with Gasteiger partial charge in [0.15, 0.2) is 23.9 Å². The number of carbonyl (C=O) groups is 1. The maximum Gasteiger partial charge on any atom is 0.349 e. The van der Waals surface area contributed by atoms with Gasteiger partial charge in [0.25, 0.3) is 0 Å². The van der Waals surface area contributed by atoms with Crippen LogP contribution in [-0.2, 0) is 4.79 Å². The number of esters is 1. The summed E-state index contributed by atoms with van der Waals surface area (Å²) < 4.78 is 28.4. The molecule has 0 bridgehead atoms. The largest absolute Gasteiger partial charge is 0.490 e. The van der Waals surface area contributed by atoms with Crippen molar-refractivity contribution in [3.05, 3.63) is 84.1 Å². The van der Waals surface area contributed by atoms with E-state index in [1.807, 2.05) is 25.1 Å². The lowest BCUT2D eigenvalue weighted by atomic mass is 9.83. The normalized spacial score (nSPS) is 14.0. The second-order valence-electron chi connectivity index (χ2n) is 9.13. The van der Waals surface area contributed by atoms with Gasteiger partial charge in [-0.2, -0.15) is 5.26 Å². The minimum absolute atomic E-state index is 0.0427. The molecule has 0 radical (unpaired) electrons. The molecule has 0 spiro atoms. The van der Waals surface area contributed by atoms with Crippen LogP contribution in [0.25, 0.3) is 0 Å². The highest BCUT2D eigenvalue weighted by Gasteiger charge is 2.32. The maximum absolute atomic E-state index is 12.6. The van der Waals surface area contributed by atoms with Crippen molar-refractivity contribution in [1.29, 1.82) is 5.26 Å². The second-order valence-corrected chi connectivity index (χ2v) is 11.0. The molecule has 0 fully saturated rings. The summed E-state index contributed by atoms with van der Waals surface area (Å²) in [5.74, 6) is 0.0400. The van der Waals surface area contributed by atoms with Crippen molar-refractivity contribution in [3.8, 4) is 34.8 Å². The van der Waals surface area contributed by atoms with E-state index in [-0.39, 0.29) is 48.1 Å². The van der Waals surface area contributed by atoms with Gasteiger partial charge < -0.3 is 29.4 Å². The van der Waals surface area contributed by atoms with Crippen molar-refractivity contribution in [2.75, 3.05) is 19.8 Å². The zero-order chi connectivity index (χ0) is 31.3. The van der Waals surface area contributed by atoms with Gasteiger partial charge in [0.1, 0.15) is 33.2 Å². The highest BCUT2D eigenvalue weighted by Crippen LogP contribution is 2.48. The molecule has 3 aromatic rings. The maximum atomic E-state index is 12.6. The van der Waals surface area contributed by atoms with Gasteiger partial charge in [-0.05, 0) is 37.1 Å². The first-order chi connectivity index (χ1) is 20.6. The van der Waals surface area contributed by atoms with Crippen LogP contribution in [0.3, 0.4) is 0 Å². The lowest BCUT2D eigenvalue weighted by Gasteiger charge is -2.27. The average Bonchev–Trinajstić information content (AvgIpc) is 2.99. The fraction of sp³-hybridized carbons (Fsp3) is 0.267. The first kappa shape index (κ1) is 32.7. The molecular weight excluding hydrogens is 662 g/mol. The number of nitrogens with two attached hydrogens (primary N) is 1. The highest BCUT2D eigenvalue weighted by atomic mass is 35.5. The molecule has 4 rings (SSSR count). The molecule has 0 saturated carbocycles. The Labute approximate surface area is 273 Å². The van der Waals surface area contributed by atoms with Crippen LogP contribution in [0.5, 0.6) is 28.7 Å². The van der Waals surface area contributed by atoms with Gasteiger partial charge in [-0.15, -0.1) is 0 Å². The number of fused-ring (bicyclic) bond motifs is 1. The van der Waals surface area contributed by atoms with E-state index in [9.17, 15) is 10.1 Å². The summed E-state index contributed by atoms with van der Waals surface area (Å²) in [7, 11) is 0. The van der Waals surface area contributed by atoms with E-state index in [1.165, 1.54) is 6.07 Å². The highest BCUT2D eigenvalue weighted by molar-refractivity contribution is 6.55. The van der Waals surface area contributed by atoms with Gasteiger partial charge >= 0.3 is 5.97 Å². The third-order valence-corrected chi connectivity index (χ3v) is 8.52. The molecule has 1 atom stereocenters. The molecule has 226 valence electrons. The number of hydrogen-bond donors (Lipinski definition) is 1. The van der Waals surface area contributed by atoms with Crippen LogP contribution in [0.2, 0.25) is 25.1 Å². The van der Waals surface area contributed by atoms with E-state index in [4.69, 9.17) is 87.4 Å². The molecule has 1 aliphatic rings. The molecular formula is C30H25Cl5N2O6. The number of allylic oxidation sites excluding steroid dienone is 1. The molecule has 13 heteroatoms. The van der Waals surface area contributed by atoms with Gasteiger partial charge in [0.2, 0.25) is 5.88 Å². The molecule has 3 aromatic carbocycles. The molecule has 1 heterocycles. The predicted octanol–water partition coefficient (Wildman–Crippen LogP) is 8.73. The molecule has 0 amide bonds. The second kappa shape index (κ2) is 14.5.